The van der Waals surface area contributed by atoms with E-state index in [-0.39, 0.29) is 0 Å². The fourth-order valence-electron chi connectivity index (χ4n) is 6.96. The van der Waals surface area contributed by atoms with Gasteiger partial charge in [-0.25, -0.2) is 0 Å². The molecule has 2 nitrogen and oxygen atoms in total. The second-order valence-corrected chi connectivity index (χ2v) is 11.9. The monoisotopic (exact) mass is 586 g/mol. The van der Waals surface area contributed by atoms with Crippen molar-refractivity contribution in [3.63, 3.8) is 0 Å². The van der Waals surface area contributed by atoms with Gasteiger partial charge in [-0.3, -0.25) is 0 Å². The van der Waals surface area contributed by atoms with E-state index in [0.717, 1.165) is 17.1 Å². The highest BCUT2D eigenvalue weighted by atomic mass is 15.0. The molecule has 0 amide bonds. The molecule has 0 spiro atoms. The second-order valence-electron chi connectivity index (χ2n) is 11.9. The summed E-state index contributed by atoms with van der Waals surface area (Å²) >= 11 is 0. The Balaban J connectivity index is 1.40. The molecule has 8 aromatic carbocycles. The van der Waals surface area contributed by atoms with Crippen LogP contribution in [-0.2, 0) is 0 Å². The van der Waals surface area contributed by atoms with Crippen LogP contribution < -0.4 is 5.32 Å². The highest BCUT2D eigenvalue weighted by Gasteiger charge is 2.19. The minimum atomic E-state index is 1.07. The molecule has 9 rings (SSSR count). The molecule has 9 aromatic rings. The fourth-order valence-corrected chi connectivity index (χ4v) is 6.96. The van der Waals surface area contributed by atoms with Crippen LogP contribution in [0.25, 0.3) is 71.3 Å². The predicted molar refractivity (Wildman–Crippen MR) is 196 cm³/mol. The van der Waals surface area contributed by atoms with Gasteiger partial charge in [0, 0.05) is 33.2 Å². The minimum absolute atomic E-state index is 1.07. The van der Waals surface area contributed by atoms with Crippen molar-refractivity contribution in [2.24, 2.45) is 0 Å². The summed E-state index contributed by atoms with van der Waals surface area (Å²) in [4.78, 5) is 0. The molecule has 0 atom stereocenters. The number of fused-ring (bicyclic) bond motifs is 7. The Morgan fingerprint density at radius 2 is 0.978 bits per heavy atom. The van der Waals surface area contributed by atoms with Crippen LogP contribution in [0, 0.1) is 0 Å². The van der Waals surface area contributed by atoms with Crippen molar-refractivity contribution in [1.82, 2.24) is 4.57 Å². The zero-order valence-corrected chi connectivity index (χ0v) is 25.2. The molecular formula is C44H30N2. The van der Waals surface area contributed by atoms with Crippen molar-refractivity contribution in [2.75, 3.05) is 5.32 Å². The van der Waals surface area contributed by atoms with E-state index in [1.165, 1.54) is 65.6 Å². The molecule has 0 aliphatic heterocycles. The van der Waals surface area contributed by atoms with Gasteiger partial charge in [0.1, 0.15) is 0 Å². The third-order valence-electron chi connectivity index (χ3n) is 9.09. The highest BCUT2D eigenvalue weighted by molar-refractivity contribution is 6.25. The smallest absolute Gasteiger partial charge is 0.0625 e. The topological polar surface area (TPSA) is 17.0 Å². The summed E-state index contributed by atoms with van der Waals surface area (Å²) in [5.74, 6) is 0. The van der Waals surface area contributed by atoms with E-state index in [4.69, 9.17) is 0 Å². The van der Waals surface area contributed by atoms with Crippen LogP contribution in [-0.4, -0.2) is 4.57 Å². The van der Waals surface area contributed by atoms with Gasteiger partial charge >= 0.3 is 0 Å². The normalized spacial score (nSPS) is 11.5. The first-order valence-electron chi connectivity index (χ1n) is 15.8. The van der Waals surface area contributed by atoms with E-state index in [0.29, 0.717) is 0 Å². The van der Waals surface area contributed by atoms with Gasteiger partial charge in [-0.05, 0) is 86.9 Å². The van der Waals surface area contributed by atoms with Crippen LogP contribution in [0.15, 0.2) is 176 Å². The average molecular weight is 587 g/mol. The van der Waals surface area contributed by atoms with E-state index in [2.05, 4.69) is 180 Å². The minimum Gasteiger partial charge on any atom is -0.356 e. The first-order chi connectivity index (χ1) is 22.8. The molecule has 1 aromatic heterocycles. The molecule has 0 fully saturated rings. The molecule has 46 heavy (non-hydrogen) atoms. The number of rotatable bonds is 5. The van der Waals surface area contributed by atoms with Crippen LogP contribution in [0.3, 0.4) is 0 Å². The van der Waals surface area contributed by atoms with Crippen LogP contribution in [0.4, 0.5) is 11.4 Å². The number of nitrogens with one attached hydrogen (secondary N) is 1. The summed E-state index contributed by atoms with van der Waals surface area (Å²) in [6.45, 7) is 0. The van der Waals surface area contributed by atoms with Crippen molar-refractivity contribution < 1.29 is 0 Å². The molecule has 1 N–H and O–H groups in total. The Kier molecular flexibility index (Phi) is 6.17. The summed E-state index contributed by atoms with van der Waals surface area (Å²) in [7, 11) is 0. The van der Waals surface area contributed by atoms with Gasteiger partial charge in [0.2, 0.25) is 0 Å². The van der Waals surface area contributed by atoms with E-state index < -0.39 is 0 Å². The molecule has 0 saturated carbocycles. The van der Waals surface area contributed by atoms with Crippen LogP contribution in [0.5, 0.6) is 0 Å². The lowest BCUT2D eigenvalue weighted by molar-refractivity contribution is 1.19. The van der Waals surface area contributed by atoms with Crippen LogP contribution in [0.1, 0.15) is 0 Å². The molecule has 216 valence electrons. The molecule has 0 bridgehead atoms. The van der Waals surface area contributed by atoms with Gasteiger partial charge in [0.25, 0.3) is 0 Å². The van der Waals surface area contributed by atoms with E-state index in [9.17, 15) is 0 Å². The van der Waals surface area contributed by atoms with Crippen LogP contribution >= 0.6 is 0 Å². The fraction of sp³-hybridized carbons (Fsp3) is 0. The quantitative estimate of drug-likeness (QED) is 0.199. The summed E-state index contributed by atoms with van der Waals surface area (Å²) in [6, 6.07) is 63.4. The summed E-state index contributed by atoms with van der Waals surface area (Å²) in [6.07, 6.45) is 0. The Morgan fingerprint density at radius 3 is 1.70 bits per heavy atom. The number of para-hydroxylation sites is 1. The standard InChI is InChI=1S/C44H30N2/c1-4-12-30(13-5-1)34-26-35(31-14-6-2-7-15-31)28-38(27-34)46-42-25-23-37(45-36-17-8-3-9-18-36)29-41(42)40-24-22-33-21-20-32-16-10-11-19-39(32)43(33)44(40)46/h1-29,45H. The zero-order chi connectivity index (χ0) is 30.5. The van der Waals surface area contributed by atoms with Gasteiger partial charge in [0.05, 0.1) is 11.0 Å². The van der Waals surface area contributed by atoms with Gasteiger partial charge < -0.3 is 9.88 Å². The second kappa shape index (κ2) is 10.8. The third kappa shape index (κ3) is 4.43. The molecule has 1 heterocycles. The first kappa shape index (κ1) is 26.3. The summed E-state index contributed by atoms with van der Waals surface area (Å²) in [5, 5.41) is 11.1. The molecular weight excluding hydrogens is 556 g/mol. The number of anilines is 2. The van der Waals surface area contributed by atoms with Crippen molar-refractivity contribution in [1.29, 1.82) is 0 Å². The molecule has 0 aliphatic carbocycles. The van der Waals surface area contributed by atoms with Gasteiger partial charge in [-0.1, -0.05) is 127 Å². The van der Waals surface area contributed by atoms with Crippen LogP contribution in [0.2, 0.25) is 0 Å². The Hall–Kier alpha value is -6.12. The van der Waals surface area contributed by atoms with E-state index in [1.807, 2.05) is 6.07 Å². The highest BCUT2D eigenvalue weighted by Crippen LogP contribution is 2.42. The third-order valence-corrected chi connectivity index (χ3v) is 9.09. The van der Waals surface area contributed by atoms with Crippen molar-refractivity contribution in [2.45, 2.75) is 0 Å². The summed E-state index contributed by atoms with van der Waals surface area (Å²) < 4.78 is 2.49. The maximum Gasteiger partial charge on any atom is 0.0625 e. The Morgan fingerprint density at radius 1 is 0.370 bits per heavy atom. The van der Waals surface area contributed by atoms with Gasteiger partial charge in [-0.2, -0.15) is 0 Å². The largest absolute Gasteiger partial charge is 0.356 e. The predicted octanol–water partition coefficient (Wildman–Crippen LogP) is 12.2. The van der Waals surface area contributed by atoms with Crippen molar-refractivity contribution in [3.8, 4) is 27.9 Å². The Bertz CT molecular complexity index is 2470. The van der Waals surface area contributed by atoms with E-state index >= 15 is 0 Å². The lowest BCUT2D eigenvalue weighted by atomic mass is 9.97. The molecule has 2 heteroatoms. The van der Waals surface area contributed by atoms with Gasteiger partial charge in [0.15, 0.2) is 0 Å². The maximum atomic E-state index is 3.63. The number of benzene rings is 8. The molecule has 0 aliphatic rings. The number of aromatic nitrogens is 1. The maximum absolute atomic E-state index is 3.63. The van der Waals surface area contributed by atoms with Crippen molar-refractivity contribution in [3.05, 3.63) is 176 Å². The first-order valence-corrected chi connectivity index (χ1v) is 15.8. The average Bonchev–Trinajstić information content (AvgIpc) is 3.46. The van der Waals surface area contributed by atoms with Crippen molar-refractivity contribution >= 4 is 54.7 Å². The SMILES string of the molecule is c1ccc(Nc2ccc3c(c2)c2ccc4ccc5ccccc5c4c2n3-c2cc(-c3ccccc3)cc(-c3ccccc3)c2)cc1. The number of nitrogens with zero attached hydrogens (tertiary/aromatic N) is 1. The van der Waals surface area contributed by atoms with E-state index in [1.54, 1.807) is 0 Å². The molecule has 0 unspecified atom stereocenters. The molecule has 0 radical (unpaired) electrons. The zero-order valence-electron chi connectivity index (χ0n) is 25.2. The lowest BCUT2D eigenvalue weighted by Crippen LogP contribution is -1.97. The molecule has 0 saturated heterocycles. The number of hydrogen-bond acceptors (Lipinski definition) is 1. The Labute approximate surface area is 267 Å². The summed E-state index contributed by atoms with van der Waals surface area (Å²) in [5.41, 5.74) is 10.5. The lowest BCUT2D eigenvalue weighted by Gasteiger charge is -2.16. The van der Waals surface area contributed by atoms with Gasteiger partial charge in [-0.15, -0.1) is 0 Å². The number of hydrogen-bond donors (Lipinski definition) is 1.